The van der Waals surface area contributed by atoms with Gasteiger partial charge in [0.15, 0.2) is 0 Å². The van der Waals surface area contributed by atoms with Crippen molar-refractivity contribution >= 4 is 17.4 Å². The molecule has 0 saturated heterocycles. The first-order valence-electron chi connectivity index (χ1n) is 5.90. The molecule has 0 atom stereocenters. The Bertz CT molecular complexity index is 369. The van der Waals surface area contributed by atoms with Crippen molar-refractivity contribution in [2.24, 2.45) is 0 Å². The molecule has 17 heavy (non-hydrogen) atoms. The van der Waals surface area contributed by atoms with Gasteiger partial charge in [0, 0.05) is 32.4 Å². The second-order valence-corrected chi connectivity index (χ2v) is 4.66. The van der Waals surface area contributed by atoms with Gasteiger partial charge >= 0.3 is 0 Å². The summed E-state index contributed by atoms with van der Waals surface area (Å²) in [6.07, 6.45) is 4.44. The molecule has 5 heteroatoms. The largest absolute Gasteiger partial charge is 0.383 e. The topological polar surface area (TPSA) is 46.2 Å². The summed E-state index contributed by atoms with van der Waals surface area (Å²) >= 11 is 6.15. The first-order chi connectivity index (χ1) is 8.29. The molecule has 1 aliphatic rings. The smallest absolute Gasteiger partial charge is 0.144 e. The van der Waals surface area contributed by atoms with Crippen LogP contribution in [0, 0.1) is 0 Å². The Kier molecular flexibility index (Phi) is 4.59. The first-order valence-corrected chi connectivity index (χ1v) is 6.28. The second-order valence-electron chi connectivity index (χ2n) is 4.25. The minimum atomic E-state index is 0.642. The lowest BCUT2D eigenvalue weighted by atomic mass is 10.3. The molecule has 1 heterocycles. The highest BCUT2D eigenvalue weighted by atomic mass is 35.5. The van der Waals surface area contributed by atoms with Crippen LogP contribution in [0.4, 0.5) is 5.82 Å². The van der Waals surface area contributed by atoms with Crippen molar-refractivity contribution < 1.29 is 4.74 Å². The Balaban J connectivity index is 1.85. The van der Waals surface area contributed by atoms with Crippen LogP contribution in [0.3, 0.4) is 0 Å². The Morgan fingerprint density at radius 1 is 1.53 bits per heavy atom. The van der Waals surface area contributed by atoms with E-state index in [0.717, 1.165) is 17.9 Å². The van der Waals surface area contributed by atoms with E-state index in [4.69, 9.17) is 16.3 Å². The van der Waals surface area contributed by atoms with Crippen LogP contribution in [-0.2, 0) is 11.3 Å². The van der Waals surface area contributed by atoms with Crippen LogP contribution in [-0.4, -0.2) is 31.3 Å². The lowest BCUT2D eigenvalue weighted by Gasteiger charge is -2.09. The maximum absolute atomic E-state index is 6.15. The number of halogens is 1. The molecule has 0 amide bonds. The number of pyridine rings is 1. The lowest BCUT2D eigenvalue weighted by molar-refractivity contribution is 0.210. The van der Waals surface area contributed by atoms with Crippen LogP contribution in [0.5, 0.6) is 0 Å². The molecule has 1 fully saturated rings. The van der Waals surface area contributed by atoms with Crippen LogP contribution < -0.4 is 10.6 Å². The van der Waals surface area contributed by atoms with Gasteiger partial charge in [-0.15, -0.1) is 0 Å². The molecule has 2 rings (SSSR count). The summed E-state index contributed by atoms with van der Waals surface area (Å²) in [5.74, 6) is 0.721. The molecule has 0 aromatic carbocycles. The summed E-state index contributed by atoms with van der Waals surface area (Å²) in [6, 6.07) is 2.66. The van der Waals surface area contributed by atoms with Crippen molar-refractivity contribution in [3.05, 3.63) is 22.8 Å². The number of anilines is 1. The van der Waals surface area contributed by atoms with E-state index in [1.54, 1.807) is 7.11 Å². The predicted molar refractivity (Wildman–Crippen MR) is 69.5 cm³/mol. The molecule has 1 aromatic rings. The van der Waals surface area contributed by atoms with E-state index < -0.39 is 0 Å². The fourth-order valence-corrected chi connectivity index (χ4v) is 1.78. The molecule has 4 nitrogen and oxygen atoms in total. The minimum absolute atomic E-state index is 0.642. The number of hydrogen-bond acceptors (Lipinski definition) is 4. The normalized spacial score (nSPS) is 14.9. The molecule has 1 aromatic heterocycles. The molecule has 2 N–H and O–H groups in total. The number of nitrogens with one attached hydrogen (secondary N) is 2. The zero-order valence-electron chi connectivity index (χ0n) is 10.0. The van der Waals surface area contributed by atoms with Gasteiger partial charge in [-0.1, -0.05) is 11.6 Å². The second kappa shape index (κ2) is 6.19. The number of hydrogen-bond donors (Lipinski definition) is 2. The average molecular weight is 256 g/mol. The third-order valence-corrected chi connectivity index (χ3v) is 2.96. The van der Waals surface area contributed by atoms with E-state index in [1.807, 2.05) is 12.3 Å². The Hall–Kier alpha value is -0.840. The Labute approximate surface area is 107 Å². The summed E-state index contributed by atoms with van der Waals surface area (Å²) in [6.45, 7) is 2.20. The minimum Gasteiger partial charge on any atom is -0.383 e. The van der Waals surface area contributed by atoms with Gasteiger partial charge in [0.05, 0.1) is 11.6 Å². The number of nitrogens with zero attached hydrogens (tertiary/aromatic N) is 1. The van der Waals surface area contributed by atoms with Crippen molar-refractivity contribution in [1.29, 1.82) is 0 Å². The van der Waals surface area contributed by atoms with Crippen LogP contribution in [0.25, 0.3) is 0 Å². The average Bonchev–Trinajstić information content (AvgIpc) is 3.13. The summed E-state index contributed by atoms with van der Waals surface area (Å²) < 4.78 is 4.96. The van der Waals surface area contributed by atoms with E-state index in [2.05, 4.69) is 15.6 Å². The van der Waals surface area contributed by atoms with Crippen molar-refractivity contribution in [1.82, 2.24) is 10.3 Å². The van der Waals surface area contributed by atoms with Gasteiger partial charge in [0.25, 0.3) is 0 Å². The molecule has 94 valence electrons. The van der Waals surface area contributed by atoms with Crippen molar-refractivity contribution in [2.45, 2.75) is 25.4 Å². The summed E-state index contributed by atoms with van der Waals surface area (Å²) in [4.78, 5) is 4.31. The van der Waals surface area contributed by atoms with Gasteiger partial charge in [-0.25, -0.2) is 4.98 Å². The van der Waals surface area contributed by atoms with Crippen LogP contribution >= 0.6 is 11.6 Å². The van der Waals surface area contributed by atoms with Gasteiger partial charge < -0.3 is 15.4 Å². The van der Waals surface area contributed by atoms with Gasteiger partial charge in [-0.05, 0) is 24.5 Å². The monoisotopic (exact) mass is 255 g/mol. The summed E-state index contributed by atoms with van der Waals surface area (Å²) in [5, 5.41) is 7.23. The zero-order valence-corrected chi connectivity index (χ0v) is 10.8. The standard InChI is InChI=1S/C12H18ClN3O/c1-17-5-4-14-12-11(13)6-9(8-16-12)7-15-10-2-3-10/h6,8,10,15H,2-5,7H2,1H3,(H,14,16). The molecule has 0 aliphatic heterocycles. The number of methoxy groups -OCH3 is 1. The van der Waals surface area contributed by atoms with Gasteiger partial charge in [0.1, 0.15) is 5.82 Å². The van der Waals surface area contributed by atoms with E-state index in [9.17, 15) is 0 Å². The van der Waals surface area contributed by atoms with Gasteiger partial charge in [-0.2, -0.15) is 0 Å². The summed E-state index contributed by atoms with van der Waals surface area (Å²) in [5.41, 5.74) is 1.12. The van der Waals surface area contributed by atoms with Crippen molar-refractivity contribution in [3.8, 4) is 0 Å². The quantitative estimate of drug-likeness (QED) is 0.732. The van der Waals surface area contributed by atoms with Gasteiger partial charge in [0.2, 0.25) is 0 Å². The van der Waals surface area contributed by atoms with E-state index >= 15 is 0 Å². The Morgan fingerprint density at radius 3 is 3.00 bits per heavy atom. The number of ether oxygens (including phenoxy) is 1. The predicted octanol–water partition coefficient (Wildman–Crippen LogP) is 2.05. The number of rotatable bonds is 7. The van der Waals surface area contributed by atoms with Gasteiger partial charge in [-0.3, -0.25) is 0 Å². The van der Waals surface area contributed by atoms with E-state index in [-0.39, 0.29) is 0 Å². The fourth-order valence-electron chi connectivity index (χ4n) is 1.53. The van der Waals surface area contributed by atoms with Crippen LogP contribution in [0.15, 0.2) is 12.3 Å². The molecule has 0 spiro atoms. The van der Waals surface area contributed by atoms with E-state index in [1.165, 1.54) is 12.8 Å². The highest BCUT2D eigenvalue weighted by Gasteiger charge is 2.20. The molecule has 1 aliphatic carbocycles. The third kappa shape index (κ3) is 4.15. The highest BCUT2D eigenvalue weighted by molar-refractivity contribution is 6.32. The maximum atomic E-state index is 6.15. The Morgan fingerprint density at radius 2 is 2.35 bits per heavy atom. The third-order valence-electron chi connectivity index (χ3n) is 2.67. The number of aromatic nitrogens is 1. The lowest BCUT2D eigenvalue weighted by Crippen LogP contribution is -2.15. The zero-order chi connectivity index (χ0) is 12.1. The molecule has 0 bridgehead atoms. The molecule has 1 saturated carbocycles. The molecule has 0 radical (unpaired) electrons. The fraction of sp³-hybridized carbons (Fsp3) is 0.583. The SMILES string of the molecule is COCCNc1ncc(CNC2CC2)cc1Cl. The van der Waals surface area contributed by atoms with Crippen molar-refractivity contribution in [3.63, 3.8) is 0 Å². The highest BCUT2D eigenvalue weighted by Crippen LogP contribution is 2.22. The van der Waals surface area contributed by atoms with E-state index in [0.29, 0.717) is 24.2 Å². The first kappa shape index (κ1) is 12.6. The summed E-state index contributed by atoms with van der Waals surface area (Å²) in [7, 11) is 1.67. The van der Waals surface area contributed by atoms with Crippen molar-refractivity contribution in [2.75, 3.05) is 25.6 Å². The molecule has 0 unspecified atom stereocenters. The van der Waals surface area contributed by atoms with Crippen LogP contribution in [0.1, 0.15) is 18.4 Å². The molecular formula is C12H18ClN3O. The van der Waals surface area contributed by atoms with Crippen LogP contribution in [0.2, 0.25) is 5.02 Å². The maximum Gasteiger partial charge on any atom is 0.144 e. The molecular weight excluding hydrogens is 238 g/mol.